The summed E-state index contributed by atoms with van der Waals surface area (Å²) >= 11 is 33.1. The largest absolute Gasteiger partial charge is 0.465 e. The highest BCUT2D eigenvalue weighted by Crippen LogP contribution is 2.65. The van der Waals surface area contributed by atoms with E-state index in [0.717, 1.165) is 8.95 Å². The smallest absolute Gasteiger partial charge is 0.327 e. The molecule has 0 spiro atoms. The molecule has 0 unspecified atom stereocenters. The summed E-state index contributed by atoms with van der Waals surface area (Å²) in [6, 6.07) is 25.2. The van der Waals surface area contributed by atoms with E-state index in [4.69, 9.17) is 51.1 Å². The highest BCUT2D eigenvalue weighted by molar-refractivity contribution is 9.10. The number of rotatable bonds is 7. The fraction of sp³-hybridized carbons (Fsp3) is 0.229. The lowest BCUT2D eigenvalue weighted by Crippen LogP contribution is -2.59. The Morgan fingerprint density at radius 2 is 1.39 bits per heavy atom. The predicted octanol–water partition coefficient (Wildman–Crippen LogP) is 10.6. The van der Waals surface area contributed by atoms with Crippen molar-refractivity contribution in [2.24, 2.45) is 11.3 Å². The number of esters is 1. The van der Waals surface area contributed by atoms with Crippen LogP contribution >= 0.6 is 78.3 Å². The quantitative estimate of drug-likeness (QED) is 0.148. The summed E-state index contributed by atoms with van der Waals surface area (Å²) in [7, 11) is 0. The van der Waals surface area contributed by atoms with E-state index in [1.807, 2.05) is 0 Å². The molecule has 0 saturated heterocycles. The monoisotopic (exact) mass is 821 g/mol. The van der Waals surface area contributed by atoms with Gasteiger partial charge in [-0.3, -0.25) is 9.59 Å². The van der Waals surface area contributed by atoms with Crippen LogP contribution in [0.4, 0.5) is 0 Å². The number of Topliss-reactive ketones (excluding diaryl/α,β-unsaturated/α-hetero) is 1. The van der Waals surface area contributed by atoms with Crippen molar-refractivity contribution in [2.45, 2.75) is 30.8 Å². The van der Waals surface area contributed by atoms with E-state index in [9.17, 15) is 20.0 Å². The zero-order chi connectivity index (χ0) is 33.4. The molecule has 46 heavy (non-hydrogen) atoms. The minimum atomic E-state index is -2.11. The number of carbonyl (C=O) groups is 2. The number of hydrogen-bond acceptors (Lipinski definition) is 5. The SMILES string of the molecule is CCOC(=O)[C@@]1(C#N)[C@H](c2ccc(Cl)cc2Cl)C[C@](O)(c2ccc(Br)cc2)[C@H](C(=O)c2ccc(Br)cc2)[C@@H]1c1ccc(Cl)cc1Cl. The van der Waals surface area contributed by atoms with Gasteiger partial charge >= 0.3 is 5.97 Å². The van der Waals surface area contributed by atoms with Gasteiger partial charge in [-0.1, -0.05) is 115 Å². The molecule has 1 saturated carbocycles. The van der Waals surface area contributed by atoms with Gasteiger partial charge in [0.1, 0.15) is 5.60 Å². The number of aliphatic hydroxyl groups is 1. The van der Waals surface area contributed by atoms with Gasteiger partial charge < -0.3 is 9.84 Å². The molecular formula is C35H25Br2Cl4NO4. The molecule has 4 aromatic carbocycles. The first-order valence-corrected chi connectivity index (χ1v) is 17.2. The van der Waals surface area contributed by atoms with Crippen molar-refractivity contribution in [3.63, 3.8) is 0 Å². The summed E-state index contributed by atoms with van der Waals surface area (Å²) in [5.41, 5.74) is -2.77. The number of halogens is 6. The number of benzene rings is 4. The first-order valence-electron chi connectivity index (χ1n) is 14.1. The van der Waals surface area contributed by atoms with Gasteiger partial charge in [0.15, 0.2) is 11.2 Å². The van der Waals surface area contributed by atoms with Crippen LogP contribution in [0.2, 0.25) is 20.1 Å². The van der Waals surface area contributed by atoms with Gasteiger partial charge in [-0.2, -0.15) is 5.26 Å². The molecule has 0 aromatic heterocycles. The van der Waals surface area contributed by atoms with E-state index in [2.05, 4.69) is 37.9 Å². The second-order valence-electron chi connectivity index (χ2n) is 11.0. The van der Waals surface area contributed by atoms with Gasteiger partial charge in [0.05, 0.1) is 18.6 Å². The minimum absolute atomic E-state index is 0.0489. The second kappa shape index (κ2) is 14.0. The summed E-state index contributed by atoms with van der Waals surface area (Å²) in [4.78, 5) is 29.3. The molecule has 236 valence electrons. The number of carbonyl (C=O) groups excluding carboxylic acids is 2. The van der Waals surface area contributed by atoms with Gasteiger partial charge in [0, 0.05) is 46.4 Å². The molecule has 1 fully saturated rings. The van der Waals surface area contributed by atoms with E-state index in [1.54, 1.807) is 79.7 Å². The topological polar surface area (TPSA) is 87.4 Å². The van der Waals surface area contributed by atoms with Gasteiger partial charge in [0.25, 0.3) is 0 Å². The summed E-state index contributed by atoms with van der Waals surface area (Å²) in [6.45, 7) is 1.58. The first kappa shape index (κ1) is 34.9. The number of ketones is 1. The van der Waals surface area contributed by atoms with Crippen molar-refractivity contribution in [1.29, 1.82) is 5.26 Å². The molecule has 5 rings (SSSR count). The third kappa shape index (κ3) is 6.26. The average molecular weight is 825 g/mol. The van der Waals surface area contributed by atoms with E-state index in [1.165, 1.54) is 12.1 Å². The van der Waals surface area contributed by atoms with Crippen LogP contribution in [-0.4, -0.2) is 23.5 Å². The summed E-state index contributed by atoms with van der Waals surface area (Å²) in [5.74, 6) is -5.24. The van der Waals surface area contributed by atoms with Crippen molar-refractivity contribution in [3.8, 4) is 6.07 Å². The normalized spacial score (nSPS) is 24.2. The van der Waals surface area contributed by atoms with E-state index in [0.29, 0.717) is 21.2 Å². The van der Waals surface area contributed by atoms with Crippen molar-refractivity contribution < 1.29 is 19.4 Å². The van der Waals surface area contributed by atoms with Gasteiger partial charge in [0.2, 0.25) is 0 Å². The van der Waals surface area contributed by atoms with Crippen LogP contribution in [0.3, 0.4) is 0 Å². The Balaban J connectivity index is 1.94. The van der Waals surface area contributed by atoms with Crippen LogP contribution in [0.25, 0.3) is 0 Å². The maximum Gasteiger partial charge on any atom is 0.327 e. The molecule has 1 aliphatic rings. The Hall–Kier alpha value is -2.41. The fourth-order valence-electron chi connectivity index (χ4n) is 6.58. The molecule has 11 heteroatoms. The van der Waals surface area contributed by atoms with E-state index in [-0.39, 0.29) is 34.2 Å². The molecule has 0 aliphatic heterocycles. The van der Waals surface area contributed by atoms with Gasteiger partial charge in [-0.05, 0) is 78.6 Å². The van der Waals surface area contributed by atoms with Crippen LogP contribution < -0.4 is 0 Å². The third-order valence-electron chi connectivity index (χ3n) is 8.59. The van der Waals surface area contributed by atoms with Crippen LogP contribution in [-0.2, 0) is 15.1 Å². The lowest BCUT2D eigenvalue weighted by atomic mass is 9.47. The van der Waals surface area contributed by atoms with Crippen LogP contribution in [0.5, 0.6) is 0 Å². The number of nitrogens with zero attached hydrogens (tertiary/aromatic N) is 1. The maximum absolute atomic E-state index is 14.9. The first-order chi connectivity index (χ1) is 21.9. The molecule has 1 aliphatic carbocycles. The standard InChI is InChI=1S/C35H25Br2Cl4NO4/c1-2-46-33(44)34(18-42)27(25-13-11-23(38)15-28(25)40)17-35(45,20-5-9-22(37)10-6-20)31(32(43)19-3-7-21(36)8-4-19)30(34)26-14-12-24(39)16-29(26)41/h3-16,27,30-31,45H,2,17H2,1H3/t27-,30-,31-,34-,35-/m0/s1. The molecule has 1 N–H and O–H groups in total. The van der Waals surface area contributed by atoms with Crippen molar-refractivity contribution in [1.82, 2.24) is 0 Å². The highest BCUT2D eigenvalue weighted by atomic mass is 79.9. The van der Waals surface area contributed by atoms with Gasteiger partial charge in [-0.25, -0.2) is 0 Å². The lowest BCUT2D eigenvalue weighted by Gasteiger charge is -2.54. The lowest BCUT2D eigenvalue weighted by molar-refractivity contribution is -0.164. The molecule has 0 radical (unpaired) electrons. The number of ether oxygens (including phenoxy) is 1. The third-order valence-corrected chi connectivity index (χ3v) is 10.8. The molecule has 0 amide bonds. The van der Waals surface area contributed by atoms with Gasteiger partial charge in [-0.15, -0.1) is 0 Å². The van der Waals surface area contributed by atoms with E-state index < -0.39 is 40.5 Å². The summed E-state index contributed by atoms with van der Waals surface area (Å²) in [6.07, 6.45) is -0.253. The molecule has 4 aromatic rings. The zero-order valence-corrected chi connectivity index (χ0v) is 30.3. The second-order valence-corrected chi connectivity index (χ2v) is 14.6. The maximum atomic E-state index is 14.9. The van der Waals surface area contributed by atoms with Crippen LogP contribution in [0.15, 0.2) is 93.9 Å². The minimum Gasteiger partial charge on any atom is -0.465 e. The van der Waals surface area contributed by atoms with E-state index >= 15 is 0 Å². The van der Waals surface area contributed by atoms with Crippen molar-refractivity contribution in [2.75, 3.05) is 6.61 Å². The number of nitriles is 1. The molecule has 5 atom stereocenters. The van der Waals surface area contributed by atoms with Crippen molar-refractivity contribution in [3.05, 3.63) is 136 Å². The van der Waals surface area contributed by atoms with Crippen LogP contribution in [0, 0.1) is 22.7 Å². The summed E-state index contributed by atoms with van der Waals surface area (Å²) < 4.78 is 7.13. The van der Waals surface area contributed by atoms with Crippen LogP contribution in [0.1, 0.15) is 52.2 Å². The number of hydrogen-bond donors (Lipinski definition) is 1. The predicted molar refractivity (Wildman–Crippen MR) is 188 cm³/mol. The molecular weight excluding hydrogens is 800 g/mol. The molecule has 0 heterocycles. The average Bonchev–Trinajstić information content (AvgIpc) is 3.01. The molecule has 0 bridgehead atoms. The molecule has 5 nitrogen and oxygen atoms in total. The zero-order valence-electron chi connectivity index (χ0n) is 24.1. The Morgan fingerprint density at radius 3 is 1.89 bits per heavy atom. The summed E-state index contributed by atoms with van der Waals surface area (Å²) in [5, 5.41) is 25.3. The Labute approximate surface area is 303 Å². The highest BCUT2D eigenvalue weighted by Gasteiger charge is 2.68. The Bertz CT molecular complexity index is 1850. The Morgan fingerprint density at radius 1 is 0.870 bits per heavy atom. The Kier molecular flexibility index (Phi) is 10.6. The fourth-order valence-corrected chi connectivity index (χ4v) is 8.18. The van der Waals surface area contributed by atoms with Crippen molar-refractivity contribution >= 4 is 90.0 Å².